The zero-order valence-corrected chi connectivity index (χ0v) is 10.9. The number of carbonyl (C=O) groups is 1. The van der Waals surface area contributed by atoms with Gasteiger partial charge in [-0.1, -0.05) is 33.6 Å². The van der Waals surface area contributed by atoms with Crippen LogP contribution in [0.4, 0.5) is 0 Å². The largest absolute Gasteiger partial charge is 0.355 e. The minimum Gasteiger partial charge on any atom is -0.355 e. The molecule has 2 unspecified atom stereocenters. The van der Waals surface area contributed by atoms with Crippen molar-refractivity contribution in [3.63, 3.8) is 0 Å². The number of carbonyl (C=O) groups excluding carboxylic acids is 1. The summed E-state index contributed by atoms with van der Waals surface area (Å²) >= 11 is 0. The van der Waals surface area contributed by atoms with Crippen LogP contribution in [0, 0.1) is 11.8 Å². The highest BCUT2D eigenvalue weighted by atomic mass is 16.1. The van der Waals surface area contributed by atoms with Crippen LogP contribution < -0.4 is 10.6 Å². The van der Waals surface area contributed by atoms with Gasteiger partial charge in [0.15, 0.2) is 0 Å². The van der Waals surface area contributed by atoms with E-state index in [0.717, 1.165) is 19.0 Å². The van der Waals surface area contributed by atoms with Crippen LogP contribution in [-0.4, -0.2) is 25.0 Å². The van der Waals surface area contributed by atoms with E-state index in [1.807, 2.05) is 13.8 Å². The Morgan fingerprint density at radius 2 is 1.94 bits per heavy atom. The Labute approximate surface area is 99.4 Å². The van der Waals surface area contributed by atoms with Crippen molar-refractivity contribution in [1.29, 1.82) is 0 Å². The zero-order chi connectivity index (χ0) is 12.0. The molecule has 94 valence electrons. The third kappa shape index (κ3) is 4.52. The summed E-state index contributed by atoms with van der Waals surface area (Å²) in [5, 5.41) is 6.49. The maximum atomic E-state index is 11.3. The standard InChI is InChI=1S/C13H26N2O/c1-10(2)13(16)15-9-8-14-12-7-5-4-6-11(12)3/h10-12,14H,4-9H2,1-3H3,(H,15,16). The first-order valence-corrected chi connectivity index (χ1v) is 6.62. The third-order valence-electron chi connectivity index (χ3n) is 3.47. The molecule has 0 radical (unpaired) electrons. The molecule has 16 heavy (non-hydrogen) atoms. The van der Waals surface area contributed by atoms with E-state index in [4.69, 9.17) is 0 Å². The fraction of sp³-hybridized carbons (Fsp3) is 0.923. The molecule has 0 aromatic carbocycles. The minimum absolute atomic E-state index is 0.0913. The van der Waals surface area contributed by atoms with E-state index in [-0.39, 0.29) is 11.8 Å². The molecule has 3 heteroatoms. The Morgan fingerprint density at radius 1 is 1.25 bits per heavy atom. The maximum Gasteiger partial charge on any atom is 0.222 e. The van der Waals surface area contributed by atoms with Crippen LogP contribution in [0.3, 0.4) is 0 Å². The SMILES string of the molecule is CC(C)C(=O)NCCNC1CCCCC1C. The second-order valence-corrected chi connectivity index (χ2v) is 5.27. The first kappa shape index (κ1) is 13.5. The smallest absolute Gasteiger partial charge is 0.222 e. The normalized spacial score (nSPS) is 25.8. The lowest BCUT2D eigenvalue weighted by atomic mass is 9.86. The Morgan fingerprint density at radius 3 is 2.56 bits per heavy atom. The Hall–Kier alpha value is -0.570. The van der Waals surface area contributed by atoms with Gasteiger partial charge in [-0.15, -0.1) is 0 Å². The molecule has 1 amide bonds. The zero-order valence-electron chi connectivity index (χ0n) is 10.9. The van der Waals surface area contributed by atoms with Crippen molar-refractivity contribution in [2.75, 3.05) is 13.1 Å². The molecule has 2 atom stereocenters. The molecule has 2 N–H and O–H groups in total. The van der Waals surface area contributed by atoms with Crippen molar-refractivity contribution >= 4 is 5.91 Å². The van der Waals surface area contributed by atoms with Gasteiger partial charge in [-0.05, 0) is 18.8 Å². The van der Waals surface area contributed by atoms with Crippen LogP contribution in [0.5, 0.6) is 0 Å². The van der Waals surface area contributed by atoms with Gasteiger partial charge in [0.25, 0.3) is 0 Å². The van der Waals surface area contributed by atoms with Crippen molar-refractivity contribution in [2.45, 2.75) is 52.5 Å². The first-order chi connectivity index (χ1) is 7.61. The third-order valence-corrected chi connectivity index (χ3v) is 3.47. The van der Waals surface area contributed by atoms with Crippen LogP contribution >= 0.6 is 0 Å². The summed E-state index contributed by atoms with van der Waals surface area (Å²) in [6.45, 7) is 7.81. The van der Waals surface area contributed by atoms with E-state index in [0.29, 0.717) is 6.04 Å². The molecule has 1 rings (SSSR count). The number of amides is 1. The summed E-state index contributed by atoms with van der Waals surface area (Å²) in [6, 6.07) is 0.657. The molecule has 0 heterocycles. The summed E-state index contributed by atoms with van der Waals surface area (Å²) in [7, 11) is 0. The lowest BCUT2D eigenvalue weighted by Gasteiger charge is -2.29. The van der Waals surface area contributed by atoms with Gasteiger partial charge in [-0.25, -0.2) is 0 Å². The Bertz CT molecular complexity index is 216. The van der Waals surface area contributed by atoms with Crippen molar-refractivity contribution < 1.29 is 4.79 Å². The summed E-state index contributed by atoms with van der Waals surface area (Å²) in [4.78, 5) is 11.3. The number of rotatable bonds is 5. The highest BCUT2D eigenvalue weighted by molar-refractivity contribution is 5.77. The van der Waals surface area contributed by atoms with E-state index in [1.54, 1.807) is 0 Å². The minimum atomic E-state index is 0.0913. The van der Waals surface area contributed by atoms with Crippen molar-refractivity contribution in [3.8, 4) is 0 Å². The Balaban J connectivity index is 2.08. The van der Waals surface area contributed by atoms with Gasteiger partial charge in [0.05, 0.1) is 0 Å². The van der Waals surface area contributed by atoms with E-state index in [9.17, 15) is 4.79 Å². The molecule has 0 saturated heterocycles. The van der Waals surface area contributed by atoms with Gasteiger partial charge in [0.2, 0.25) is 5.91 Å². The maximum absolute atomic E-state index is 11.3. The van der Waals surface area contributed by atoms with Crippen LogP contribution in [0.25, 0.3) is 0 Å². The summed E-state index contributed by atoms with van der Waals surface area (Å²) in [5.74, 6) is 1.03. The van der Waals surface area contributed by atoms with Crippen LogP contribution in [0.2, 0.25) is 0 Å². The second kappa shape index (κ2) is 6.89. The van der Waals surface area contributed by atoms with Gasteiger partial charge < -0.3 is 10.6 Å². The quantitative estimate of drug-likeness (QED) is 0.703. The average Bonchev–Trinajstić information content (AvgIpc) is 2.26. The Kier molecular flexibility index (Phi) is 5.81. The molecule has 0 spiro atoms. The van der Waals surface area contributed by atoms with E-state index >= 15 is 0 Å². The second-order valence-electron chi connectivity index (χ2n) is 5.27. The predicted octanol–water partition coefficient (Wildman–Crippen LogP) is 1.93. The molecular formula is C13H26N2O. The molecular weight excluding hydrogens is 200 g/mol. The van der Waals surface area contributed by atoms with Crippen molar-refractivity contribution in [3.05, 3.63) is 0 Å². The summed E-state index contributed by atoms with van der Waals surface area (Å²) in [6.07, 6.45) is 5.36. The topological polar surface area (TPSA) is 41.1 Å². The molecule has 1 aliphatic carbocycles. The average molecular weight is 226 g/mol. The van der Waals surface area contributed by atoms with E-state index in [1.165, 1.54) is 25.7 Å². The van der Waals surface area contributed by atoms with E-state index in [2.05, 4.69) is 17.6 Å². The summed E-state index contributed by atoms with van der Waals surface area (Å²) in [5.41, 5.74) is 0. The van der Waals surface area contributed by atoms with Crippen LogP contribution in [0.15, 0.2) is 0 Å². The lowest BCUT2D eigenvalue weighted by Crippen LogP contribution is -2.42. The molecule has 1 aliphatic rings. The summed E-state index contributed by atoms with van der Waals surface area (Å²) < 4.78 is 0. The number of hydrogen-bond donors (Lipinski definition) is 2. The molecule has 1 fully saturated rings. The number of hydrogen-bond acceptors (Lipinski definition) is 2. The molecule has 1 saturated carbocycles. The van der Waals surface area contributed by atoms with Gasteiger partial charge in [0.1, 0.15) is 0 Å². The van der Waals surface area contributed by atoms with Gasteiger partial charge in [-0.3, -0.25) is 4.79 Å². The van der Waals surface area contributed by atoms with Crippen LogP contribution in [-0.2, 0) is 4.79 Å². The molecule has 3 nitrogen and oxygen atoms in total. The van der Waals surface area contributed by atoms with Gasteiger partial charge >= 0.3 is 0 Å². The molecule has 0 aromatic rings. The highest BCUT2D eigenvalue weighted by Gasteiger charge is 2.20. The molecule has 0 aromatic heterocycles. The lowest BCUT2D eigenvalue weighted by molar-refractivity contribution is -0.123. The molecule has 0 bridgehead atoms. The predicted molar refractivity (Wildman–Crippen MR) is 67.3 cm³/mol. The number of nitrogens with one attached hydrogen (secondary N) is 2. The first-order valence-electron chi connectivity index (χ1n) is 6.62. The van der Waals surface area contributed by atoms with E-state index < -0.39 is 0 Å². The van der Waals surface area contributed by atoms with Gasteiger partial charge in [-0.2, -0.15) is 0 Å². The molecule has 0 aliphatic heterocycles. The highest BCUT2D eigenvalue weighted by Crippen LogP contribution is 2.23. The van der Waals surface area contributed by atoms with Crippen molar-refractivity contribution in [1.82, 2.24) is 10.6 Å². The fourth-order valence-corrected chi connectivity index (χ4v) is 2.27. The monoisotopic (exact) mass is 226 g/mol. The van der Waals surface area contributed by atoms with Crippen LogP contribution in [0.1, 0.15) is 46.5 Å². The van der Waals surface area contributed by atoms with Gasteiger partial charge in [0, 0.05) is 25.0 Å². The fourth-order valence-electron chi connectivity index (χ4n) is 2.27. The van der Waals surface area contributed by atoms with Crippen molar-refractivity contribution in [2.24, 2.45) is 11.8 Å².